The Morgan fingerprint density at radius 2 is 1.57 bits per heavy atom. The molecule has 0 bridgehead atoms. The number of fused-ring (bicyclic) bond motifs is 1. The van der Waals surface area contributed by atoms with E-state index in [0.717, 1.165) is 33.5 Å². The van der Waals surface area contributed by atoms with Gasteiger partial charge in [-0.25, -0.2) is 8.42 Å². The molecule has 1 aromatic heterocycles. The second-order valence-corrected chi connectivity index (χ2v) is 10.5. The third-order valence-electron chi connectivity index (χ3n) is 6.37. The zero-order valence-electron chi connectivity index (χ0n) is 20.9. The van der Waals surface area contributed by atoms with Crippen molar-refractivity contribution in [3.05, 3.63) is 60.7 Å². The Bertz CT molecular complexity index is 1480. The number of nitrogens with one attached hydrogen (secondary N) is 2. The molecule has 37 heavy (non-hydrogen) atoms. The van der Waals surface area contributed by atoms with Crippen LogP contribution in [0.4, 0.5) is 11.5 Å². The molecule has 3 aromatic carbocycles. The zero-order valence-corrected chi connectivity index (χ0v) is 21.7. The first-order valence-corrected chi connectivity index (χ1v) is 13.3. The van der Waals surface area contributed by atoms with Crippen LogP contribution in [0.1, 0.15) is 0 Å². The van der Waals surface area contributed by atoms with Crippen molar-refractivity contribution in [2.75, 3.05) is 52.9 Å². The molecule has 0 unspecified atom stereocenters. The minimum atomic E-state index is -3.54. The summed E-state index contributed by atoms with van der Waals surface area (Å²) in [5, 5.41) is 4.38. The van der Waals surface area contributed by atoms with Gasteiger partial charge in [-0.1, -0.05) is 30.3 Å². The predicted octanol–water partition coefficient (Wildman–Crippen LogP) is 4.63. The van der Waals surface area contributed by atoms with Crippen molar-refractivity contribution in [3.8, 4) is 28.4 Å². The lowest BCUT2D eigenvalue weighted by Gasteiger charge is -2.26. The van der Waals surface area contributed by atoms with Gasteiger partial charge in [-0.15, -0.1) is 0 Å². The Labute approximate surface area is 216 Å². The molecule has 9 nitrogen and oxygen atoms in total. The van der Waals surface area contributed by atoms with Crippen LogP contribution in [0.5, 0.6) is 17.2 Å². The van der Waals surface area contributed by atoms with Gasteiger partial charge in [0.2, 0.25) is 15.8 Å². The normalized spacial score (nSPS) is 14.5. The first-order chi connectivity index (χ1) is 17.9. The molecule has 0 aliphatic carbocycles. The van der Waals surface area contributed by atoms with Crippen LogP contribution < -0.4 is 19.5 Å². The Balaban J connectivity index is 1.44. The summed E-state index contributed by atoms with van der Waals surface area (Å²) in [4.78, 5) is 3.73. The fourth-order valence-corrected chi connectivity index (χ4v) is 5.92. The van der Waals surface area contributed by atoms with Gasteiger partial charge >= 0.3 is 0 Å². The van der Waals surface area contributed by atoms with Gasteiger partial charge in [0, 0.05) is 41.9 Å². The van der Waals surface area contributed by atoms with Crippen LogP contribution in [0.2, 0.25) is 0 Å². The summed E-state index contributed by atoms with van der Waals surface area (Å²) < 4.78 is 49.1. The summed E-state index contributed by atoms with van der Waals surface area (Å²) in [6.45, 7) is 1.57. The lowest BCUT2D eigenvalue weighted by Crippen LogP contribution is -2.40. The molecule has 0 amide bonds. The van der Waals surface area contributed by atoms with Gasteiger partial charge in [0.05, 0.1) is 45.0 Å². The number of sulfonamides is 1. The molecule has 2 heterocycles. The molecule has 194 valence electrons. The number of nitrogens with zero attached hydrogens (tertiary/aromatic N) is 1. The number of methoxy groups -OCH3 is 3. The second-order valence-electron chi connectivity index (χ2n) is 8.53. The number of rotatable bonds is 8. The summed E-state index contributed by atoms with van der Waals surface area (Å²) in [5.41, 5.74) is 3.57. The number of aromatic nitrogens is 1. The third-order valence-corrected chi connectivity index (χ3v) is 8.29. The van der Waals surface area contributed by atoms with E-state index in [-0.39, 0.29) is 4.90 Å². The fourth-order valence-electron chi connectivity index (χ4n) is 4.52. The van der Waals surface area contributed by atoms with E-state index in [4.69, 9.17) is 18.9 Å². The highest BCUT2D eigenvalue weighted by molar-refractivity contribution is 7.89. The molecule has 5 rings (SSSR count). The SMILES string of the molecule is COc1cc(Nc2cc3cccc(-c4ccc(S(=O)(=O)N5CCOCC5)cc4)c3[nH]2)cc(OC)c1OC. The Hall–Kier alpha value is -3.73. The second kappa shape index (κ2) is 10.3. The average molecular weight is 524 g/mol. The summed E-state index contributed by atoms with van der Waals surface area (Å²) in [5.74, 6) is 2.40. The number of morpholine rings is 1. The number of ether oxygens (including phenoxy) is 4. The molecule has 1 aliphatic rings. The topological polar surface area (TPSA) is 102 Å². The van der Waals surface area contributed by atoms with E-state index in [0.29, 0.717) is 43.6 Å². The van der Waals surface area contributed by atoms with E-state index in [1.165, 1.54) is 4.31 Å². The van der Waals surface area contributed by atoms with Crippen molar-refractivity contribution >= 4 is 32.4 Å². The molecular weight excluding hydrogens is 494 g/mol. The van der Waals surface area contributed by atoms with Crippen LogP contribution in [0.3, 0.4) is 0 Å². The minimum Gasteiger partial charge on any atom is -0.493 e. The molecule has 4 aromatic rings. The summed E-state index contributed by atoms with van der Waals surface area (Å²) in [6.07, 6.45) is 0. The first-order valence-electron chi connectivity index (χ1n) is 11.8. The van der Waals surface area contributed by atoms with Crippen LogP contribution in [-0.4, -0.2) is 65.3 Å². The summed E-state index contributed by atoms with van der Waals surface area (Å²) >= 11 is 0. The van der Waals surface area contributed by atoms with E-state index < -0.39 is 10.0 Å². The van der Waals surface area contributed by atoms with Crippen molar-refractivity contribution in [3.63, 3.8) is 0 Å². The molecular formula is C27H29N3O6S. The lowest BCUT2D eigenvalue weighted by atomic mass is 10.0. The van der Waals surface area contributed by atoms with Crippen molar-refractivity contribution < 1.29 is 27.4 Å². The maximum Gasteiger partial charge on any atom is 0.243 e. The molecule has 1 aliphatic heterocycles. The number of hydrogen-bond donors (Lipinski definition) is 2. The summed E-state index contributed by atoms with van der Waals surface area (Å²) in [7, 11) is 1.18. The van der Waals surface area contributed by atoms with Crippen LogP contribution in [0.25, 0.3) is 22.0 Å². The van der Waals surface area contributed by atoms with Gasteiger partial charge in [-0.05, 0) is 23.8 Å². The standard InChI is InChI=1S/C27H29N3O6S/c1-33-23-16-20(17-24(34-2)27(23)35-3)28-25-15-19-5-4-6-22(26(19)29-25)18-7-9-21(10-8-18)37(31,32)30-11-13-36-14-12-30/h4-10,15-17,28-29H,11-14H2,1-3H3. The zero-order chi connectivity index (χ0) is 26.0. The van der Waals surface area contributed by atoms with E-state index in [1.807, 2.05) is 48.5 Å². The molecule has 10 heteroatoms. The number of aromatic amines is 1. The van der Waals surface area contributed by atoms with Gasteiger partial charge in [0.15, 0.2) is 11.5 Å². The molecule has 0 spiro atoms. The monoisotopic (exact) mass is 523 g/mol. The van der Waals surface area contributed by atoms with Crippen molar-refractivity contribution in [2.24, 2.45) is 0 Å². The van der Waals surface area contributed by atoms with E-state index in [1.54, 1.807) is 33.5 Å². The quantitative estimate of drug-likeness (QED) is 0.347. The third kappa shape index (κ3) is 4.83. The van der Waals surface area contributed by atoms with Crippen LogP contribution in [0, 0.1) is 0 Å². The van der Waals surface area contributed by atoms with E-state index in [2.05, 4.69) is 10.3 Å². The van der Waals surface area contributed by atoms with Crippen molar-refractivity contribution in [2.45, 2.75) is 4.90 Å². The number of benzene rings is 3. The average Bonchev–Trinajstić information content (AvgIpc) is 3.35. The molecule has 0 radical (unpaired) electrons. The number of H-pyrrole nitrogens is 1. The fraction of sp³-hybridized carbons (Fsp3) is 0.259. The Morgan fingerprint density at radius 3 is 2.19 bits per heavy atom. The number of anilines is 2. The van der Waals surface area contributed by atoms with Gasteiger partial charge in [0.1, 0.15) is 5.82 Å². The maximum atomic E-state index is 13.0. The van der Waals surface area contributed by atoms with Crippen LogP contribution >= 0.6 is 0 Å². The van der Waals surface area contributed by atoms with Crippen molar-refractivity contribution in [1.82, 2.24) is 9.29 Å². The highest BCUT2D eigenvalue weighted by Gasteiger charge is 2.26. The lowest BCUT2D eigenvalue weighted by molar-refractivity contribution is 0.0730. The minimum absolute atomic E-state index is 0.279. The molecule has 1 saturated heterocycles. The largest absolute Gasteiger partial charge is 0.493 e. The molecule has 0 saturated carbocycles. The maximum absolute atomic E-state index is 13.0. The van der Waals surface area contributed by atoms with Gasteiger partial charge in [-0.3, -0.25) is 0 Å². The summed E-state index contributed by atoms with van der Waals surface area (Å²) in [6, 6.07) is 18.7. The van der Waals surface area contributed by atoms with Gasteiger partial charge in [-0.2, -0.15) is 4.31 Å². The highest BCUT2D eigenvalue weighted by Crippen LogP contribution is 2.41. The first kappa shape index (κ1) is 24.9. The smallest absolute Gasteiger partial charge is 0.243 e. The number of hydrogen-bond acceptors (Lipinski definition) is 7. The van der Waals surface area contributed by atoms with E-state index in [9.17, 15) is 8.42 Å². The Morgan fingerprint density at radius 1 is 0.892 bits per heavy atom. The molecule has 2 N–H and O–H groups in total. The van der Waals surface area contributed by atoms with Crippen LogP contribution in [-0.2, 0) is 14.8 Å². The molecule has 0 atom stereocenters. The van der Waals surface area contributed by atoms with Gasteiger partial charge < -0.3 is 29.2 Å². The molecule has 1 fully saturated rings. The highest BCUT2D eigenvalue weighted by atomic mass is 32.2. The Kier molecular flexibility index (Phi) is 6.96. The van der Waals surface area contributed by atoms with Crippen molar-refractivity contribution in [1.29, 1.82) is 0 Å². The van der Waals surface area contributed by atoms with Gasteiger partial charge in [0.25, 0.3) is 0 Å². The predicted molar refractivity (Wildman–Crippen MR) is 143 cm³/mol. The number of para-hydroxylation sites is 1. The van der Waals surface area contributed by atoms with Crippen LogP contribution in [0.15, 0.2) is 65.6 Å². The van der Waals surface area contributed by atoms with E-state index >= 15 is 0 Å².